The number of halogens is 2. The highest BCUT2D eigenvalue weighted by atomic mass is 35.5. The number of ether oxygens (including phenoxy) is 1. The second-order valence-corrected chi connectivity index (χ2v) is 4.98. The molecule has 2 aromatic rings. The average Bonchev–Trinajstić information content (AvgIpc) is 2.39. The Morgan fingerprint density at radius 2 is 1.95 bits per heavy atom. The quantitative estimate of drug-likeness (QED) is 0.773. The summed E-state index contributed by atoms with van der Waals surface area (Å²) in [6, 6.07) is 12.1. The molecule has 0 aliphatic heterocycles. The van der Waals surface area contributed by atoms with Crippen LogP contribution in [0.1, 0.15) is 15.9 Å². The van der Waals surface area contributed by atoms with Gasteiger partial charge in [-0.25, -0.2) is 0 Å². The fourth-order valence-corrected chi connectivity index (χ4v) is 1.92. The van der Waals surface area contributed by atoms with Crippen molar-refractivity contribution in [2.75, 3.05) is 6.61 Å². The monoisotopic (exact) mass is 294 g/mol. The zero-order valence-electron chi connectivity index (χ0n) is 10.3. The first kappa shape index (κ1) is 13.9. The molecule has 0 unspecified atom stereocenters. The standard InChI is InChI=1S/C15H12Cl2O2/c1-10-5-6-11(7-14(10)17)15(18)9-19-13-4-2-3-12(16)8-13/h2-8H,9H2,1H3. The van der Waals surface area contributed by atoms with Crippen LogP contribution in [0.3, 0.4) is 0 Å². The fraction of sp³-hybridized carbons (Fsp3) is 0.133. The van der Waals surface area contributed by atoms with Gasteiger partial charge in [-0.3, -0.25) is 4.79 Å². The molecule has 0 N–H and O–H groups in total. The number of rotatable bonds is 4. The van der Waals surface area contributed by atoms with Crippen LogP contribution in [-0.2, 0) is 0 Å². The number of carbonyl (C=O) groups is 1. The normalized spacial score (nSPS) is 10.3. The molecule has 0 heterocycles. The smallest absolute Gasteiger partial charge is 0.200 e. The molecule has 0 aliphatic carbocycles. The van der Waals surface area contributed by atoms with E-state index in [0.29, 0.717) is 21.4 Å². The van der Waals surface area contributed by atoms with Gasteiger partial charge in [0, 0.05) is 15.6 Å². The molecule has 0 bridgehead atoms. The topological polar surface area (TPSA) is 26.3 Å². The molecule has 0 saturated heterocycles. The predicted octanol–water partition coefficient (Wildman–Crippen LogP) is 4.56. The third-order valence-electron chi connectivity index (χ3n) is 2.66. The van der Waals surface area contributed by atoms with Gasteiger partial charge < -0.3 is 4.74 Å². The zero-order chi connectivity index (χ0) is 13.8. The van der Waals surface area contributed by atoms with Crippen LogP contribution in [0.2, 0.25) is 10.0 Å². The van der Waals surface area contributed by atoms with Crippen LogP contribution < -0.4 is 4.74 Å². The molecule has 0 aliphatic rings. The zero-order valence-corrected chi connectivity index (χ0v) is 11.8. The van der Waals surface area contributed by atoms with E-state index in [-0.39, 0.29) is 12.4 Å². The first-order valence-electron chi connectivity index (χ1n) is 5.74. The lowest BCUT2D eigenvalue weighted by Gasteiger charge is -2.06. The van der Waals surface area contributed by atoms with Crippen LogP contribution >= 0.6 is 23.2 Å². The Morgan fingerprint density at radius 1 is 1.16 bits per heavy atom. The molecule has 0 amide bonds. The van der Waals surface area contributed by atoms with E-state index >= 15 is 0 Å². The van der Waals surface area contributed by atoms with Crippen LogP contribution in [0.25, 0.3) is 0 Å². The SMILES string of the molecule is Cc1ccc(C(=O)COc2cccc(Cl)c2)cc1Cl. The Balaban J connectivity index is 2.03. The molecule has 2 rings (SSSR count). The number of benzene rings is 2. The first-order valence-corrected chi connectivity index (χ1v) is 6.49. The van der Waals surface area contributed by atoms with Gasteiger partial charge in [-0.05, 0) is 36.8 Å². The van der Waals surface area contributed by atoms with Gasteiger partial charge in [0.05, 0.1) is 0 Å². The minimum Gasteiger partial charge on any atom is -0.485 e. The Hall–Kier alpha value is -1.51. The van der Waals surface area contributed by atoms with Gasteiger partial charge in [-0.2, -0.15) is 0 Å². The van der Waals surface area contributed by atoms with E-state index in [4.69, 9.17) is 27.9 Å². The molecular formula is C15H12Cl2O2. The molecule has 2 aromatic carbocycles. The maximum absolute atomic E-state index is 11.9. The van der Waals surface area contributed by atoms with Gasteiger partial charge in [0.2, 0.25) is 0 Å². The van der Waals surface area contributed by atoms with E-state index in [9.17, 15) is 4.79 Å². The van der Waals surface area contributed by atoms with E-state index in [1.807, 2.05) is 13.0 Å². The number of ketones is 1. The number of carbonyl (C=O) groups excluding carboxylic acids is 1. The molecular weight excluding hydrogens is 283 g/mol. The Kier molecular flexibility index (Phi) is 4.46. The van der Waals surface area contributed by atoms with E-state index < -0.39 is 0 Å². The van der Waals surface area contributed by atoms with Crippen LogP contribution in [0.15, 0.2) is 42.5 Å². The van der Waals surface area contributed by atoms with Crippen molar-refractivity contribution in [1.29, 1.82) is 0 Å². The highest BCUT2D eigenvalue weighted by Gasteiger charge is 2.08. The van der Waals surface area contributed by atoms with E-state index in [1.165, 1.54) is 0 Å². The summed E-state index contributed by atoms with van der Waals surface area (Å²) in [7, 11) is 0. The van der Waals surface area contributed by atoms with Crippen LogP contribution in [0.5, 0.6) is 5.75 Å². The van der Waals surface area contributed by atoms with Crippen LogP contribution in [0, 0.1) is 6.92 Å². The highest BCUT2D eigenvalue weighted by molar-refractivity contribution is 6.31. The predicted molar refractivity (Wildman–Crippen MR) is 77.5 cm³/mol. The summed E-state index contributed by atoms with van der Waals surface area (Å²) in [5.41, 5.74) is 1.48. The molecule has 19 heavy (non-hydrogen) atoms. The van der Waals surface area contributed by atoms with Crippen molar-refractivity contribution >= 4 is 29.0 Å². The number of Topliss-reactive ketones (excluding diaryl/α,β-unsaturated/α-hetero) is 1. The number of aryl methyl sites for hydroxylation is 1. The molecule has 0 saturated carbocycles. The van der Waals surface area contributed by atoms with Crippen molar-refractivity contribution < 1.29 is 9.53 Å². The summed E-state index contributed by atoms with van der Waals surface area (Å²) >= 11 is 11.8. The second kappa shape index (κ2) is 6.09. The second-order valence-electron chi connectivity index (χ2n) is 4.13. The summed E-state index contributed by atoms with van der Waals surface area (Å²) in [4.78, 5) is 11.9. The van der Waals surface area contributed by atoms with Crippen molar-refractivity contribution in [1.82, 2.24) is 0 Å². The maximum atomic E-state index is 11.9. The third-order valence-corrected chi connectivity index (χ3v) is 3.30. The molecule has 2 nitrogen and oxygen atoms in total. The molecule has 0 spiro atoms. The lowest BCUT2D eigenvalue weighted by Crippen LogP contribution is -2.11. The molecule has 0 atom stereocenters. The lowest BCUT2D eigenvalue weighted by molar-refractivity contribution is 0.0921. The Labute approximate surface area is 121 Å². The van der Waals surface area contributed by atoms with Gasteiger partial charge in [0.15, 0.2) is 12.4 Å². The van der Waals surface area contributed by atoms with Gasteiger partial charge >= 0.3 is 0 Å². The van der Waals surface area contributed by atoms with Crippen molar-refractivity contribution in [3.63, 3.8) is 0 Å². The van der Waals surface area contributed by atoms with Gasteiger partial charge in [0.25, 0.3) is 0 Å². The van der Waals surface area contributed by atoms with Crippen molar-refractivity contribution in [2.24, 2.45) is 0 Å². The minimum atomic E-state index is -0.123. The van der Waals surface area contributed by atoms with Crippen molar-refractivity contribution in [3.05, 3.63) is 63.6 Å². The Morgan fingerprint density at radius 3 is 2.63 bits per heavy atom. The van der Waals surface area contributed by atoms with E-state index in [2.05, 4.69) is 0 Å². The number of hydrogen-bond acceptors (Lipinski definition) is 2. The minimum absolute atomic E-state index is 0.0419. The summed E-state index contributed by atoms with van der Waals surface area (Å²) in [6.07, 6.45) is 0. The summed E-state index contributed by atoms with van der Waals surface area (Å²) in [5, 5.41) is 1.15. The number of hydrogen-bond donors (Lipinski definition) is 0. The summed E-state index contributed by atoms with van der Waals surface area (Å²) in [6.45, 7) is 1.85. The van der Waals surface area contributed by atoms with Crippen LogP contribution in [-0.4, -0.2) is 12.4 Å². The fourth-order valence-electron chi connectivity index (χ4n) is 1.56. The van der Waals surface area contributed by atoms with Crippen molar-refractivity contribution in [2.45, 2.75) is 6.92 Å². The van der Waals surface area contributed by atoms with Crippen molar-refractivity contribution in [3.8, 4) is 5.75 Å². The van der Waals surface area contributed by atoms with E-state index in [1.54, 1.807) is 36.4 Å². The summed E-state index contributed by atoms with van der Waals surface area (Å²) in [5.74, 6) is 0.445. The molecule has 0 radical (unpaired) electrons. The van der Waals surface area contributed by atoms with E-state index in [0.717, 1.165) is 5.56 Å². The van der Waals surface area contributed by atoms with Gasteiger partial charge in [0.1, 0.15) is 5.75 Å². The highest BCUT2D eigenvalue weighted by Crippen LogP contribution is 2.19. The maximum Gasteiger partial charge on any atom is 0.200 e. The van der Waals surface area contributed by atoms with Gasteiger partial charge in [-0.1, -0.05) is 41.4 Å². The summed E-state index contributed by atoms with van der Waals surface area (Å²) < 4.78 is 5.40. The van der Waals surface area contributed by atoms with Crippen LogP contribution in [0.4, 0.5) is 0 Å². The average molecular weight is 295 g/mol. The first-order chi connectivity index (χ1) is 9.06. The third kappa shape index (κ3) is 3.72. The molecule has 98 valence electrons. The molecule has 0 fully saturated rings. The molecule has 0 aromatic heterocycles. The largest absolute Gasteiger partial charge is 0.485 e. The lowest BCUT2D eigenvalue weighted by atomic mass is 10.1. The Bertz CT molecular complexity index is 609. The molecule has 4 heteroatoms. The van der Waals surface area contributed by atoms with Gasteiger partial charge in [-0.15, -0.1) is 0 Å².